The molecule has 2 aliphatic rings. The van der Waals surface area contributed by atoms with Crippen LogP contribution in [0.4, 0.5) is 0 Å². The standard InChI is InChI=1S/C11H7B3N2O3/c12-5-6(13)8(17)10-9(7(5)14)19-4(3-18-10)11-15-1-2-16-11/h3,17H,1-2H2,(H,15,16). The van der Waals surface area contributed by atoms with Crippen LogP contribution in [0.3, 0.4) is 0 Å². The maximum Gasteiger partial charge on any atom is 0.209 e. The van der Waals surface area contributed by atoms with Gasteiger partial charge in [0.05, 0.1) is 6.54 Å². The number of aliphatic imine (C=N–C) groups is 1. The molecule has 0 atom stereocenters. The van der Waals surface area contributed by atoms with Crippen molar-refractivity contribution in [2.75, 3.05) is 13.1 Å². The van der Waals surface area contributed by atoms with Crippen molar-refractivity contribution in [3.63, 3.8) is 0 Å². The minimum Gasteiger partial charge on any atom is -0.505 e. The lowest BCUT2D eigenvalue weighted by Crippen LogP contribution is -2.41. The highest BCUT2D eigenvalue weighted by Gasteiger charge is 2.26. The molecule has 0 fully saturated rings. The number of aromatic hydroxyl groups is 1. The molecule has 0 aromatic heterocycles. The van der Waals surface area contributed by atoms with Crippen LogP contribution in [-0.4, -0.2) is 47.6 Å². The number of hydrogen-bond donors (Lipinski definition) is 2. The number of hydrogen-bond acceptors (Lipinski definition) is 5. The normalized spacial score (nSPS) is 16.6. The summed E-state index contributed by atoms with van der Waals surface area (Å²) in [5, 5.41) is 12.9. The summed E-state index contributed by atoms with van der Waals surface area (Å²) in [5.74, 6) is 0.836. The average Bonchev–Trinajstić information content (AvgIpc) is 2.96. The van der Waals surface area contributed by atoms with Crippen LogP contribution in [0.15, 0.2) is 17.0 Å². The number of nitrogens with zero attached hydrogens (tertiary/aromatic N) is 1. The fraction of sp³-hybridized carbons (Fsp3) is 0.182. The molecule has 2 aliphatic heterocycles. The van der Waals surface area contributed by atoms with E-state index < -0.39 is 0 Å². The molecule has 0 saturated carbocycles. The molecule has 3 rings (SSSR count). The van der Waals surface area contributed by atoms with Gasteiger partial charge in [0.1, 0.15) is 29.8 Å². The highest BCUT2D eigenvalue weighted by molar-refractivity contribution is 6.59. The molecule has 0 bridgehead atoms. The Morgan fingerprint density at radius 3 is 2.63 bits per heavy atom. The van der Waals surface area contributed by atoms with Gasteiger partial charge in [-0.3, -0.25) is 4.99 Å². The highest BCUT2D eigenvalue weighted by Crippen LogP contribution is 2.36. The van der Waals surface area contributed by atoms with Crippen LogP contribution in [-0.2, 0) is 0 Å². The van der Waals surface area contributed by atoms with Crippen LogP contribution in [0.2, 0.25) is 0 Å². The van der Waals surface area contributed by atoms with E-state index in [1.54, 1.807) is 0 Å². The number of fused-ring (bicyclic) bond motifs is 1. The van der Waals surface area contributed by atoms with E-state index in [0.29, 0.717) is 18.1 Å². The zero-order valence-electron chi connectivity index (χ0n) is 9.93. The fourth-order valence-electron chi connectivity index (χ4n) is 1.87. The zero-order chi connectivity index (χ0) is 13.6. The van der Waals surface area contributed by atoms with Gasteiger partial charge < -0.3 is 19.9 Å². The van der Waals surface area contributed by atoms with Crippen LogP contribution >= 0.6 is 0 Å². The zero-order valence-corrected chi connectivity index (χ0v) is 9.93. The first-order valence-electron chi connectivity index (χ1n) is 5.62. The predicted octanol–water partition coefficient (Wildman–Crippen LogP) is -2.61. The molecule has 8 heteroatoms. The minimum absolute atomic E-state index is 0.0342. The number of benzene rings is 1. The molecular weight excluding hydrogens is 241 g/mol. The van der Waals surface area contributed by atoms with E-state index in [9.17, 15) is 5.11 Å². The summed E-state index contributed by atoms with van der Waals surface area (Å²) < 4.78 is 10.9. The second-order valence-electron chi connectivity index (χ2n) is 4.11. The third-order valence-electron chi connectivity index (χ3n) is 2.90. The maximum atomic E-state index is 9.86. The van der Waals surface area contributed by atoms with Crippen LogP contribution < -0.4 is 31.2 Å². The van der Waals surface area contributed by atoms with Crippen LogP contribution in [0.5, 0.6) is 17.2 Å². The van der Waals surface area contributed by atoms with Gasteiger partial charge in [-0.05, 0) is 0 Å². The third kappa shape index (κ3) is 1.78. The summed E-state index contributed by atoms with van der Waals surface area (Å²) >= 11 is 0. The second-order valence-corrected chi connectivity index (χ2v) is 4.11. The van der Waals surface area contributed by atoms with E-state index in [1.807, 2.05) is 0 Å². The summed E-state index contributed by atoms with van der Waals surface area (Å²) in [6.45, 7) is 1.39. The van der Waals surface area contributed by atoms with E-state index in [2.05, 4.69) is 10.3 Å². The molecule has 1 aromatic carbocycles. The number of rotatable bonds is 1. The first-order chi connectivity index (χ1) is 9.09. The number of phenols is 1. The first-order valence-corrected chi connectivity index (χ1v) is 5.62. The van der Waals surface area contributed by atoms with Gasteiger partial charge in [0, 0.05) is 6.54 Å². The second kappa shape index (κ2) is 4.29. The molecule has 0 spiro atoms. The van der Waals surface area contributed by atoms with Crippen molar-refractivity contribution in [2.24, 2.45) is 4.99 Å². The van der Waals surface area contributed by atoms with Crippen molar-refractivity contribution < 1.29 is 14.6 Å². The Morgan fingerprint density at radius 2 is 1.95 bits per heavy atom. The Hall–Kier alpha value is -1.98. The molecule has 19 heavy (non-hydrogen) atoms. The van der Waals surface area contributed by atoms with Crippen molar-refractivity contribution in [3.8, 4) is 17.2 Å². The van der Waals surface area contributed by atoms with Gasteiger partial charge >= 0.3 is 0 Å². The lowest BCUT2D eigenvalue weighted by atomic mass is 9.71. The number of phenolic OH excluding ortho intramolecular Hbond substituents is 1. The Kier molecular flexibility index (Phi) is 2.73. The van der Waals surface area contributed by atoms with Crippen molar-refractivity contribution in [3.05, 3.63) is 12.0 Å². The Bertz CT molecular complexity index is 628. The SMILES string of the molecule is [B]c1c([B])c(O)c2c(c1[B])OC(C1=NCCN1)=CO2. The molecule has 6 radical (unpaired) electrons. The average molecular weight is 248 g/mol. The lowest BCUT2D eigenvalue weighted by molar-refractivity contribution is 0.328. The quantitative estimate of drug-likeness (QED) is 0.534. The molecule has 0 amide bonds. The Morgan fingerprint density at radius 1 is 1.16 bits per heavy atom. The van der Waals surface area contributed by atoms with Crippen LogP contribution in [0, 0.1) is 0 Å². The summed E-state index contributed by atoms with van der Waals surface area (Å²) in [6, 6.07) is 0. The molecule has 2 N–H and O–H groups in total. The topological polar surface area (TPSA) is 63.1 Å². The summed E-state index contributed by atoms with van der Waals surface area (Å²) in [5.41, 5.74) is 0.143. The maximum absolute atomic E-state index is 9.86. The molecule has 0 saturated heterocycles. The van der Waals surface area contributed by atoms with Crippen molar-refractivity contribution in [2.45, 2.75) is 0 Å². The fourth-order valence-corrected chi connectivity index (χ4v) is 1.87. The largest absolute Gasteiger partial charge is 0.505 e. The monoisotopic (exact) mass is 248 g/mol. The predicted molar refractivity (Wildman–Crippen MR) is 73.9 cm³/mol. The molecule has 0 aliphatic carbocycles. The van der Waals surface area contributed by atoms with Crippen molar-refractivity contribution in [1.29, 1.82) is 0 Å². The van der Waals surface area contributed by atoms with Crippen LogP contribution in [0.1, 0.15) is 0 Å². The van der Waals surface area contributed by atoms with E-state index in [0.717, 1.165) is 6.54 Å². The Balaban J connectivity index is 2.05. The van der Waals surface area contributed by atoms with Crippen molar-refractivity contribution in [1.82, 2.24) is 5.32 Å². The van der Waals surface area contributed by atoms with Gasteiger partial charge in [-0.1, -0.05) is 10.9 Å². The van der Waals surface area contributed by atoms with Crippen LogP contribution in [0.25, 0.3) is 0 Å². The Labute approximate surface area is 113 Å². The molecular formula is C11H7B3N2O3. The number of amidine groups is 1. The van der Waals surface area contributed by atoms with Gasteiger partial charge in [0.15, 0.2) is 17.3 Å². The summed E-state index contributed by atoms with van der Waals surface area (Å²) in [6.07, 6.45) is 1.33. The lowest BCUT2D eigenvalue weighted by Gasteiger charge is -2.24. The van der Waals surface area contributed by atoms with Crippen molar-refractivity contribution >= 4 is 45.8 Å². The summed E-state index contributed by atoms with van der Waals surface area (Å²) in [7, 11) is 17.1. The van der Waals surface area contributed by atoms with E-state index in [4.69, 9.17) is 33.0 Å². The smallest absolute Gasteiger partial charge is 0.209 e. The van der Waals surface area contributed by atoms with E-state index in [-0.39, 0.29) is 33.6 Å². The third-order valence-corrected chi connectivity index (χ3v) is 2.90. The highest BCUT2D eigenvalue weighted by atomic mass is 16.6. The molecule has 88 valence electrons. The van der Waals surface area contributed by atoms with Gasteiger partial charge in [-0.2, -0.15) is 0 Å². The van der Waals surface area contributed by atoms with E-state index >= 15 is 0 Å². The van der Waals surface area contributed by atoms with Gasteiger partial charge in [0.2, 0.25) is 11.5 Å². The van der Waals surface area contributed by atoms with Gasteiger partial charge in [-0.15, -0.1) is 5.46 Å². The number of nitrogens with one attached hydrogen (secondary N) is 1. The number of ether oxygens (including phenoxy) is 2. The first kappa shape index (κ1) is 12.1. The van der Waals surface area contributed by atoms with E-state index in [1.165, 1.54) is 6.26 Å². The summed E-state index contributed by atoms with van der Waals surface area (Å²) in [4.78, 5) is 4.20. The molecule has 2 heterocycles. The minimum atomic E-state index is -0.293. The molecule has 5 nitrogen and oxygen atoms in total. The van der Waals surface area contributed by atoms with Gasteiger partial charge in [-0.25, -0.2) is 0 Å². The van der Waals surface area contributed by atoms with Gasteiger partial charge in [0.25, 0.3) is 0 Å². The molecule has 1 aromatic rings. The molecule has 0 unspecified atom stereocenters.